The van der Waals surface area contributed by atoms with Crippen molar-refractivity contribution in [3.8, 4) is 0 Å². The monoisotopic (exact) mass is 201 g/mol. The predicted molar refractivity (Wildman–Crippen MR) is 64.1 cm³/mol. The lowest BCUT2D eigenvalue weighted by atomic mass is 10.2. The van der Waals surface area contributed by atoms with Crippen LogP contribution in [-0.2, 0) is 4.79 Å². The van der Waals surface area contributed by atoms with Crippen molar-refractivity contribution in [2.24, 2.45) is 4.99 Å². The summed E-state index contributed by atoms with van der Waals surface area (Å²) in [6.45, 7) is 3.70. The van der Waals surface area contributed by atoms with Crippen molar-refractivity contribution in [2.45, 2.75) is 13.8 Å². The van der Waals surface area contributed by atoms with E-state index in [4.69, 9.17) is 0 Å². The summed E-state index contributed by atoms with van der Waals surface area (Å²) in [4.78, 5) is 14.8. The second-order valence-corrected chi connectivity index (χ2v) is 3.40. The van der Waals surface area contributed by atoms with Crippen molar-refractivity contribution in [1.29, 1.82) is 0 Å². The number of allylic oxidation sites excluding steroid dienone is 1. The molecule has 2 nitrogen and oxygen atoms in total. The van der Waals surface area contributed by atoms with Gasteiger partial charge in [-0.15, -0.1) is 0 Å². The number of aliphatic imine (C=N–C) groups is 1. The molecule has 0 aromatic heterocycles. The van der Waals surface area contributed by atoms with Gasteiger partial charge in [0.25, 0.3) is 0 Å². The lowest BCUT2D eigenvalue weighted by Gasteiger charge is -1.93. The molecule has 0 radical (unpaired) electrons. The first-order chi connectivity index (χ1) is 7.18. The van der Waals surface area contributed by atoms with Crippen molar-refractivity contribution in [3.63, 3.8) is 0 Å². The lowest BCUT2D eigenvalue weighted by molar-refractivity contribution is -0.115. The minimum Gasteiger partial charge on any atom is -0.298 e. The average molecular weight is 201 g/mol. The van der Waals surface area contributed by atoms with Crippen LogP contribution in [0, 0.1) is 0 Å². The number of benzene rings is 1. The molecule has 0 heterocycles. The number of Topliss-reactive ketones (excluding diaryl/α,β-unsaturated/α-hetero) is 1. The van der Waals surface area contributed by atoms with E-state index in [-0.39, 0.29) is 12.3 Å². The largest absolute Gasteiger partial charge is 0.298 e. The van der Waals surface area contributed by atoms with E-state index in [9.17, 15) is 4.79 Å². The number of carbonyl (C=O) groups excluding carboxylic acids is 1. The van der Waals surface area contributed by atoms with Crippen LogP contribution in [0.25, 0.3) is 6.08 Å². The Morgan fingerprint density at radius 3 is 2.53 bits per heavy atom. The maximum absolute atomic E-state index is 10.7. The molecule has 0 aliphatic rings. The highest BCUT2D eigenvalue weighted by Gasteiger charge is 1.89. The summed E-state index contributed by atoms with van der Waals surface area (Å²) < 4.78 is 0. The molecular weight excluding hydrogens is 186 g/mol. The summed E-state index contributed by atoms with van der Waals surface area (Å²) in [5.41, 5.74) is 2.00. The Balaban J connectivity index is 2.58. The Morgan fingerprint density at radius 1 is 1.27 bits per heavy atom. The van der Waals surface area contributed by atoms with Gasteiger partial charge in [-0.05, 0) is 25.5 Å². The van der Waals surface area contributed by atoms with Crippen molar-refractivity contribution in [3.05, 3.63) is 42.0 Å². The van der Waals surface area contributed by atoms with Crippen molar-refractivity contribution in [2.75, 3.05) is 6.54 Å². The summed E-state index contributed by atoms with van der Waals surface area (Å²) in [6.07, 6.45) is 3.90. The highest BCUT2D eigenvalue weighted by atomic mass is 16.1. The average Bonchev–Trinajstić information content (AvgIpc) is 2.25. The number of carbonyl (C=O) groups is 1. The maximum Gasteiger partial charge on any atom is 0.151 e. The number of hydrogen-bond donors (Lipinski definition) is 0. The van der Waals surface area contributed by atoms with Crippen molar-refractivity contribution >= 4 is 17.6 Å². The third-order valence-electron chi connectivity index (χ3n) is 1.87. The summed E-state index contributed by atoms with van der Waals surface area (Å²) in [5, 5.41) is 0. The predicted octanol–water partition coefficient (Wildman–Crippen LogP) is 2.75. The molecular formula is C13H15NO. The topological polar surface area (TPSA) is 29.4 Å². The van der Waals surface area contributed by atoms with Crippen LogP contribution in [-0.4, -0.2) is 18.0 Å². The Bertz CT molecular complexity index is 377. The minimum atomic E-state index is 0.0856. The first kappa shape index (κ1) is 11.4. The van der Waals surface area contributed by atoms with Gasteiger partial charge in [0.1, 0.15) is 0 Å². The van der Waals surface area contributed by atoms with E-state index in [0.717, 1.165) is 11.3 Å². The molecule has 1 aromatic carbocycles. The standard InChI is InChI=1S/C13H15NO/c1-11(14-10-12(2)15)8-9-13-6-4-3-5-7-13/h3-9H,10H2,1-2H3/b9-8+,14-11-. The van der Waals surface area contributed by atoms with Crippen molar-refractivity contribution in [1.82, 2.24) is 0 Å². The first-order valence-electron chi connectivity index (χ1n) is 4.92. The fourth-order valence-electron chi connectivity index (χ4n) is 1.07. The molecule has 0 saturated carbocycles. The van der Waals surface area contributed by atoms with Gasteiger partial charge >= 0.3 is 0 Å². The zero-order valence-electron chi connectivity index (χ0n) is 9.10. The molecule has 2 heteroatoms. The molecule has 0 saturated heterocycles. The van der Waals surface area contributed by atoms with Crippen LogP contribution in [0.4, 0.5) is 0 Å². The minimum absolute atomic E-state index is 0.0856. The molecule has 0 atom stereocenters. The first-order valence-corrected chi connectivity index (χ1v) is 4.92. The van der Waals surface area contributed by atoms with Gasteiger partial charge in [-0.2, -0.15) is 0 Å². The van der Waals surface area contributed by atoms with E-state index in [1.165, 1.54) is 6.92 Å². The Morgan fingerprint density at radius 2 is 1.93 bits per heavy atom. The SMILES string of the molecule is CC(=O)C/N=C(C)\C=C\c1ccccc1. The molecule has 1 rings (SSSR count). The molecule has 0 amide bonds. The van der Waals surface area contributed by atoms with Gasteiger partial charge in [0.15, 0.2) is 5.78 Å². The molecule has 78 valence electrons. The fraction of sp³-hybridized carbons (Fsp3) is 0.231. The van der Waals surface area contributed by atoms with Gasteiger partial charge in [-0.25, -0.2) is 0 Å². The maximum atomic E-state index is 10.7. The van der Waals surface area contributed by atoms with Crippen LogP contribution in [0.1, 0.15) is 19.4 Å². The van der Waals surface area contributed by atoms with E-state index in [2.05, 4.69) is 4.99 Å². The van der Waals surface area contributed by atoms with Crippen LogP contribution < -0.4 is 0 Å². The van der Waals surface area contributed by atoms with E-state index >= 15 is 0 Å². The molecule has 15 heavy (non-hydrogen) atoms. The number of hydrogen-bond acceptors (Lipinski definition) is 2. The molecule has 0 N–H and O–H groups in total. The zero-order chi connectivity index (χ0) is 11.1. The Hall–Kier alpha value is -1.70. The van der Waals surface area contributed by atoms with Crippen LogP contribution in [0.2, 0.25) is 0 Å². The molecule has 0 fully saturated rings. The van der Waals surface area contributed by atoms with E-state index < -0.39 is 0 Å². The molecule has 0 aliphatic heterocycles. The number of nitrogens with zero attached hydrogens (tertiary/aromatic N) is 1. The normalized spacial score (nSPS) is 12.0. The summed E-state index contributed by atoms with van der Waals surface area (Å²) >= 11 is 0. The highest BCUT2D eigenvalue weighted by molar-refractivity contribution is 5.97. The van der Waals surface area contributed by atoms with Gasteiger partial charge in [0.05, 0.1) is 6.54 Å². The van der Waals surface area contributed by atoms with Crippen LogP contribution in [0.15, 0.2) is 41.4 Å². The number of rotatable bonds is 4. The third kappa shape index (κ3) is 4.91. The molecule has 0 spiro atoms. The van der Waals surface area contributed by atoms with E-state index in [1.807, 2.05) is 49.4 Å². The van der Waals surface area contributed by atoms with Gasteiger partial charge in [-0.1, -0.05) is 36.4 Å². The Labute approximate surface area is 90.4 Å². The molecule has 1 aromatic rings. The van der Waals surface area contributed by atoms with Gasteiger partial charge in [0.2, 0.25) is 0 Å². The fourth-order valence-corrected chi connectivity index (χ4v) is 1.07. The van der Waals surface area contributed by atoms with Crippen LogP contribution in [0.3, 0.4) is 0 Å². The second-order valence-electron chi connectivity index (χ2n) is 3.40. The summed E-state index contributed by atoms with van der Waals surface area (Å²) in [7, 11) is 0. The van der Waals surface area contributed by atoms with Gasteiger partial charge < -0.3 is 0 Å². The van der Waals surface area contributed by atoms with E-state index in [1.54, 1.807) is 0 Å². The molecule has 0 aliphatic carbocycles. The summed E-state index contributed by atoms with van der Waals surface area (Å²) in [5.74, 6) is 0.0856. The van der Waals surface area contributed by atoms with Gasteiger partial charge in [-0.3, -0.25) is 9.79 Å². The van der Waals surface area contributed by atoms with Crippen LogP contribution in [0.5, 0.6) is 0 Å². The zero-order valence-corrected chi connectivity index (χ0v) is 9.10. The quantitative estimate of drug-likeness (QED) is 0.689. The van der Waals surface area contributed by atoms with Crippen molar-refractivity contribution < 1.29 is 4.79 Å². The smallest absolute Gasteiger partial charge is 0.151 e. The lowest BCUT2D eigenvalue weighted by Crippen LogP contribution is -1.97. The molecule has 0 bridgehead atoms. The highest BCUT2D eigenvalue weighted by Crippen LogP contribution is 2.01. The van der Waals surface area contributed by atoms with Crippen LogP contribution >= 0.6 is 0 Å². The van der Waals surface area contributed by atoms with Gasteiger partial charge in [0, 0.05) is 5.71 Å². The summed E-state index contributed by atoms with van der Waals surface area (Å²) in [6, 6.07) is 10.0. The van der Waals surface area contributed by atoms with E-state index in [0.29, 0.717) is 0 Å². The number of ketones is 1. The second kappa shape index (κ2) is 5.91. The Kier molecular flexibility index (Phi) is 4.48. The molecule has 0 unspecified atom stereocenters. The third-order valence-corrected chi connectivity index (χ3v) is 1.87.